The molecule has 1 aromatic carbocycles. The Morgan fingerprint density at radius 1 is 0.850 bits per heavy atom. The van der Waals surface area contributed by atoms with Crippen molar-refractivity contribution in [1.29, 1.82) is 0 Å². The van der Waals surface area contributed by atoms with Gasteiger partial charge in [-0.15, -0.1) is 0 Å². The Hall–Kier alpha value is -1.55. The predicted molar refractivity (Wildman–Crippen MR) is 76.7 cm³/mol. The molecule has 0 aliphatic heterocycles. The maximum absolute atomic E-state index is 9.19. The normalized spacial score (nSPS) is 10.8. The van der Waals surface area contributed by atoms with Crippen molar-refractivity contribution < 1.29 is 25.9 Å². The van der Waals surface area contributed by atoms with Gasteiger partial charge in [0.1, 0.15) is 0 Å². The quantitative estimate of drug-likeness (QED) is 0.700. The molecule has 0 radical (unpaired) electrons. The lowest BCUT2D eigenvalue weighted by Crippen LogP contribution is -1.88. The Balaban J connectivity index is 0.000000310. The first-order valence-electron chi connectivity index (χ1n) is 5.11. The number of hydrogen-bond acceptors (Lipinski definition) is 5. The molecule has 0 atom stereocenters. The molecule has 2 aromatic rings. The van der Waals surface area contributed by atoms with Crippen LogP contribution in [0.4, 0.5) is 0 Å². The van der Waals surface area contributed by atoms with Gasteiger partial charge in [-0.3, -0.25) is 14.1 Å². The number of hydrogen-bond donors (Lipinski definition) is 2. The lowest BCUT2D eigenvalue weighted by atomic mass is 10.2. The van der Waals surface area contributed by atoms with Gasteiger partial charge in [0.05, 0.1) is 18.0 Å². The molecule has 0 saturated carbocycles. The van der Waals surface area contributed by atoms with Gasteiger partial charge in [0.25, 0.3) is 20.2 Å². The van der Waals surface area contributed by atoms with Gasteiger partial charge in [-0.2, -0.15) is 16.8 Å². The lowest BCUT2D eigenvalue weighted by Gasteiger charge is -1.91. The van der Waals surface area contributed by atoms with Crippen LogP contribution in [0.5, 0.6) is 0 Å². The van der Waals surface area contributed by atoms with E-state index in [2.05, 4.69) is 17.1 Å². The van der Waals surface area contributed by atoms with Crippen LogP contribution in [0.1, 0.15) is 0 Å². The molecule has 0 bridgehead atoms. The molecular weight excluding hydrogens is 306 g/mol. The minimum atomic E-state index is -3.67. The van der Waals surface area contributed by atoms with Crippen LogP contribution < -0.4 is 0 Å². The highest BCUT2D eigenvalue weighted by Gasteiger charge is 1.86. The fraction of sp³-hybridized carbons (Fsp3) is 0.182. The first-order valence-corrected chi connectivity index (χ1v) is 8.81. The Morgan fingerprint density at radius 2 is 1.25 bits per heavy atom. The molecule has 0 spiro atoms. The Bertz CT molecular complexity index is 629. The molecule has 2 rings (SSSR count). The van der Waals surface area contributed by atoms with E-state index in [0.717, 1.165) is 5.52 Å². The molecule has 2 N–H and O–H groups in total. The largest absolute Gasteiger partial charge is 0.286 e. The maximum atomic E-state index is 9.19. The average molecular weight is 321 g/mol. The van der Waals surface area contributed by atoms with E-state index in [1.807, 2.05) is 30.5 Å². The summed E-state index contributed by atoms with van der Waals surface area (Å²) in [4.78, 5) is 4.18. The number of nitrogens with zero attached hydrogens (tertiary/aromatic N) is 1. The Kier molecular flexibility index (Phi) is 7.29. The van der Waals surface area contributed by atoms with Crippen LogP contribution in [0, 0.1) is 0 Å². The highest BCUT2D eigenvalue weighted by Crippen LogP contribution is 2.07. The fourth-order valence-electron chi connectivity index (χ4n) is 1.02. The summed E-state index contributed by atoms with van der Waals surface area (Å²) in [7, 11) is -7.33. The number of pyridine rings is 1. The minimum Gasteiger partial charge on any atom is -0.286 e. The topological polar surface area (TPSA) is 122 Å². The SMILES string of the molecule is CS(=O)(=O)O.CS(=O)(=O)O.c1ccc2ncccc2c1. The molecule has 1 heterocycles. The molecule has 0 unspecified atom stereocenters. The highest BCUT2D eigenvalue weighted by molar-refractivity contribution is 7.85. The maximum Gasteiger partial charge on any atom is 0.261 e. The van der Waals surface area contributed by atoms with E-state index in [9.17, 15) is 16.8 Å². The van der Waals surface area contributed by atoms with Crippen LogP contribution in [-0.4, -0.2) is 43.4 Å². The fourth-order valence-corrected chi connectivity index (χ4v) is 1.02. The molecule has 9 heteroatoms. The van der Waals surface area contributed by atoms with Gasteiger partial charge in [-0.05, 0) is 12.1 Å². The number of fused-ring (bicyclic) bond motifs is 1. The molecule has 112 valence electrons. The zero-order chi connectivity index (χ0) is 15.8. The zero-order valence-electron chi connectivity index (χ0n) is 10.8. The van der Waals surface area contributed by atoms with Crippen LogP contribution in [-0.2, 0) is 20.2 Å². The summed E-state index contributed by atoms with van der Waals surface area (Å²) in [5.74, 6) is 0. The van der Waals surface area contributed by atoms with Gasteiger partial charge in [-0.1, -0.05) is 24.3 Å². The van der Waals surface area contributed by atoms with E-state index in [-0.39, 0.29) is 0 Å². The first-order chi connectivity index (χ1) is 8.97. The lowest BCUT2D eigenvalue weighted by molar-refractivity contribution is 0.488. The second kappa shape index (κ2) is 7.90. The summed E-state index contributed by atoms with van der Waals surface area (Å²) in [6.07, 6.45) is 3.24. The third-order valence-electron chi connectivity index (χ3n) is 1.51. The van der Waals surface area contributed by atoms with Crippen molar-refractivity contribution in [2.75, 3.05) is 12.5 Å². The van der Waals surface area contributed by atoms with Gasteiger partial charge in [0.2, 0.25) is 0 Å². The van der Waals surface area contributed by atoms with Crippen molar-refractivity contribution in [3.05, 3.63) is 42.6 Å². The zero-order valence-corrected chi connectivity index (χ0v) is 12.5. The number of para-hydroxylation sites is 1. The second-order valence-corrected chi connectivity index (χ2v) is 6.59. The third kappa shape index (κ3) is 14.5. The molecule has 0 aliphatic carbocycles. The van der Waals surface area contributed by atoms with Crippen LogP contribution in [0.15, 0.2) is 42.6 Å². The van der Waals surface area contributed by atoms with Gasteiger partial charge >= 0.3 is 0 Å². The van der Waals surface area contributed by atoms with E-state index in [4.69, 9.17) is 9.11 Å². The van der Waals surface area contributed by atoms with Crippen molar-refractivity contribution >= 4 is 31.1 Å². The molecule has 0 aliphatic rings. The number of rotatable bonds is 0. The predicted octanol–water partition coefficient (Wildman–Crippen LogP) is 1.24. The molecule has 7 nitrogen and oxygen atoms in total. The number of benzene rings is 1. The van der Waals surface area contributed by atoms with Crippen molar-refractivity contribution in [3.63, 3.8) is 0 Å². The summed E-state index contributed by atoms with van der Waals surface area (Å²) in [6, 6.07) is 12.1. The summed E-state index contributed by atoms with van der Waals surface area (Å²) in [5.41, 5.74) is 1.06. The van der Waals surface area contributed by atoms with Crippen molar-refractivity contribution in [3.8, 4) is 0 Å². The van der Waals surface area contributed by atoms with Crippen molar-refractivity contribution in [1.82, 2.24) is 4.98 Å². The standard InChI is InChI=1S/C9H7N.2CH4O3S/c1-2-6-9-8(4-1)5-3-7-10-9;2*1-5(2,3)4/h1-7H;2*1H3,(H,2,3,4). The smallest absolute Gasteiger partial charge is 0.261 e. The highest BCUT2D eigenvalue weighted by atomic mass is 32.2. The monoisotopic (exact) mass is 321 g/mol. The molecule has 1 aromatic heterocycles. The molecule has 0 amide bonds. The van der Waals surface area contributed by atoms with Crippen molar-refractivity contribution in [2.24, 2.45) is 0 Å². The minimum absolute atomic E-state index is 0.715. The van der Waals surface area contributed by atoms with Crippen LogP contribution in [0.3, 0.4) is 0 Å². The van der Waals surface area contributed by atoms with Crippen LogP contribution in [0.2, 0.25) is 0 Å². The second-order valence-electron chi connectivity index (χ2n) is 3.66. The van der Waals surface area contributed by atoms with Gasteiger partial charge in [0.15, 0.2) is 0 Å². The molecular formula is C11H15NO6S2. The van der Waals surface area contributed by atoms with Gasteiger partial charge in [0, 0.05) is 11.6 Å². The van der Waals surface area contributed by atoms with Crippen LogP contribution in [0.25, 0.3) is 10.9 Å². The average Bonchev–Trinajstić information content (AvgIpc) is 2.25. The summed E-state index contributed by atoms with van der Waals surface area (Å²) < 4.78 is 51.7. The summed E-state index contributed by atoms with van der Waals surface area (Å²) >= 11 is 0. The first kappa shape index (κ1) is 18.4. The summed E-state index contributed by atoms with van der Waals surface area (Å²) in [6.45, 7) is 0. The van der Waals surface area contributed by atoms with E-state index >= 15 is 0 Å². The van der Waals surface area contributed by atoms with E-state index in [0.29, 0.717) is 12.5 Å². The molecule has 20 heavy (non-hydrogen) atoms. The van der Waals surface area contributed by atoms with E-state index in [1.165, 1.54) is 5.39 Å². The molecule has 0 saturated heterocycles. The van der Waals surface area contributed by atoms with Crippen LogP contribution >= 0.6 is 0 Å². The Morgan fingerprint density at radius 3 is 1.70 bits per heavy atom. The van der Waals surface area contributed by atoms with E-state index in [1.54, 1.807) is 0 Å². The summed E-state index contributed by atoms with van der Waals surface area (Å²) in [5, 5.41) is 1.20. The molecule has 0 fully saturated rings. The Labute approximate surface area is 117 Å². The van der Waals surface area contributed by atoms with Gasteiger partial charge in [-0.25, -0.2) is 0 Å². The third-order valence-corrected chi connectivity index (χ3v) is 1.51. The van der Waals surface area contributed by atoms with E-state index < -0.39 is 20.2 Å². The van der Waals surface area contributed by atoms with Gasteiger partial charge < -0.3 is 0 Å². The van der Waals surface area contributed by atoms with Crippen molar-refractivity contribution in [2.45, 2.75) is 0 Å². The number of aromatic nitrogens is 1.